The number of nitrogens with zero attached hydrogens (tertiary/aromatic N) is 2. The maximum atomic E-state index is 13.2. The fraction of sp³-hybridized carbons (Fsp3) is 0.389. The van der Waals surface area contributed by atoms with Crippen molar-refractivity contribution in [2.45, 2.75) is 44.8 Å². The van der Waals surface area contributed by atoms with Gasteiger partial charge in [-0.05, 0) is 43.4 Å². The lowest BCUT2D eigenvalue weighted by Crippen LogP contribution is -2.18. The first-order chi connectivity index (χ1) is 12.3. The Balaban J connectivity index is 1.81. The number of Topliss-reactive ketones (excluding diaryl/α,β-unsaturated/α-hetero) is 1. The molecule has 0 radical (unpaired) electrons. The quantitative estimate of drug-likeness (QED) is 0.885. The van der Waals surface area contributed by atoms with E-state index in [9.17, 15) is 22.8 Å². The molecule has 1 aliphatic carbocycles. The Morgan fingerprint density at radius 3 is 2.62 bits per heavy atom. The minimum Gasteiger partial charge on any atom is -0.366 e. The first-order valence-corrected chi connectivity index (χ1v) is 8.32. The second-order valence-corrected chi connectivity index (χ2v) is 6.42. The van der Waals surface area contributed by atoms with Gasteiger partial charge >= 0.3 is 6.18 Å². The lowest BCUT2D eigenvalue weighted by atomic mass is 9.95. The number of aromatic nitrogens is 2. The lowest BCUT2D eigenvalue weighted by molar-refractivity contribution is -0.142. The van der Waals surface area contributed by atoms with Crippen LogP contribution in [-0.2, 0) is 36.8 Å². The zero-order valence-corrected chi connectivity index (χ0v) is 14.0. The number of carbonyl (C=O) groups excluding carboxylic acids is 2. The molecule has 138 valence electrons. The van der Waals surface area contributed by atoms with Crippen LogP contribution in [0.4, 0.5) is 13.2 Å². The van der Waals surface area contributed by atoms with E-state index in [2.05, 4.69) is 5.10 Å². The van der Waals surface area contributed by atoms with Gasteiger partial charge < -0.3 is 5.73 Å². The lowest BCUT2D eigenvalue weighted by Gasteiger charge is -2.14. The summed E-state index contributed by atoms with van der Waals surface area (Å²) in [6, 6.07) is 6.33. The van der Waals surface area contributed by atoms with Gasteiger partial charge in [0, 0.05) is 23.2 Å². The summed E-state index contributed by atoms with van der Waals surface area (Å²) >= 11 is 0. The first kappa shape index (κ1) is 18.2. The van der Waals surface area contributed by atoms with Crippen molar-refractivity contribution in [1.82, 2.24) is 9.78 Å². The Labute approximate surface area is 148 Å². The van der Waals surface area contributed by atoms with E-state index >= 15 is 0 Å². The molecule has 0 fully saturated rings. The zero-order chi connectivity index (χ0) is 18.9. The standard InChI is InChI=1S/C18H18F3N3O2/c19-18(20,21)16-14-6-1-2-7-15(14)24(23-16)10-13(25)9-11-4-3-5-12(8-11)17(22)26/h3-5,8H,1-2,6-7,9-10H2,(H2,22,26). The summed E-state index contributed by atoms with van der Waals surface area (Å²) in [6.07, 6.45) is -2.23. The molecule has 0 unspecified atom stereocenters. The number of primary amides is 1. The number of hydrogen-bond acceptors (Lipinski definition) is 3. The van der Waals surface area contributed by atoms with Crippen LogP contribution in [0.15, 0.2) is 24.3 Å². The summed E-state index contributed by atoms with van der Waals surface area (Å²) in [5.41, 5.74) is 5.92. The third-order valence-corrected chi connectivity index (χ3v) is 4.46. The van der Waals surface area contributed by atoms with Gasteiger partial charge in [-0.15, -0.1) is 0 Å². The van der Waals surface area contributed by atoms with Crippen molar-refractivity contribution in [3.8, 4) is 0 Å². The van der Waals surface area contributed by atoms with Crippen molar-refractivity contribution >= 4 is 11.7 Å². The van der Waals surface area contributed by atoms with Crippen LogP contribution in [0.3, 0.4) is 0 Å². The summed E-state index contributed by atoms with van der Waals surface area (Å²) in [5, 5.41) is 3.69. The highest BCUT2D eigenvalue weighted by Crippen LogP contribution is 2.35. The number of nitrogens with two attached hydrogens (primary N) is 1. The molecule has 26 heavy (non-hydrogen) atoms. The molecular formula is C18H18F3N3O2. The van der Waals surface area contributed by atoms with Crippen molar-refractivity contribution in [2.24, 2.45) is 5.73 Å². The van der Waals surface area contributed by atoms with E-state index in [0.29, 0.717) is 30.5 Å². The SMILES string of the molecule is NC(=O)c1cccc(CC(=O)Cn2nc(C(F)(F)F)c3c2CCCC3)c1. The molecule has 1 aromatic heterocycles. The van der Waals surface area contributed by atoms with E-state index in [1.807, 2.05) is 0 Å². The Morgan fingerprint density at radius 1 is 1.19 bits per heavy atom. The maximum absolute atomic E-state index is 13.2. The van der Waals surface area contributed by atoms with Gasteiger partial charge in [-0.1, -0.05) is 12.1 Å². The predicted octanol–water partition coefficient (Wildman–Crippen LogP) is 2.69. The number of benzene rings is 1. The third kappa shape index (κ3) is 3.79. The van der Waals surface area contributed by atoms with Crippen LogP contribution in [0.1, 0.15) is 45.7 Å². The van der Waals surface area contributed by atoms with E-state index in [0.717, 1.165) is 6.42 Å². The van der Waals surface area contributed by atoms with Crippen molar-refractivity contribution in [3.63, 3.8) is 0 Å². The fourth-order valence-corrected chi connectivity index (χ4v) is 3.31. The van der Waals surface area contributed by atoms with Crippen LogP contribution in [0.2, 0.25) is 0 Å². The molecule has 2 N–H and O–H groups in total. The van der Waals surface area contributed by atoms with Crippen molar-refractivity contribution in [3.05, 3.63) is 52.3 Å². The van der Waals surface area contributed by atoms with Crippen LogP contribution >= 0.6 is 0 Å². The number of amides is 1. The monoisotopic (exact) mass is 365 g/mol. The maximum Gasteiger partial charge on any atom is 0.435 e. The molecule has 0 atom stereocenters. The molecule has 0 spiro atoms. The molecule has 0 aliphatic heterocycles. The Hall–Kier alpha value is -2.64. The number of carbonyl (C=O) groups is 2. The molecule has 1 heterocycles. The minimum atomic E-state index is -4.52. The van der Waals surface area contributed by atoms with E-state index in [1.54, 1.807) is 12.1 Å². The van der Waals surface area contributed by atoms with Gasteiger partial charge in [-0.25, -0.2) is 0 Å². The molecule has 1 amide bonds. The molecule has 0 saturated heterocycles. The van der Waals surface area contributed by atoms with E-state index in [-0.39, 0.29) is 29.9 Å². The molecular weight excluding hydrogens is 347 g/mol. The highest BCUT2D eigenvalue weighted by molar-refractivity contribution is 5.93. The van der Waals surface area contributed by atoms with Gasteiger partial charge in [-0.3, -0.25) is 14.3 Å². The number of ketones is 1. The highest BCUT2D eigenvalue weighted by atomic mass is 19.4. The number of rotatable bonds is 5. The molecule has 0 bridgehead atoms. The smallest absolute Gasteiger partial charge is 0.366 e. The zero-order valence-electron chi connectivity index (χ0n) is 14.0. The van der Waals surface area contributed by atoms with E-state index < -0.39 is 17.8 Å². The molecule has 1 aromatic carbocycles. The summed E-state index contributed by atoms with van der Waals surface area (Å²) in [7, 11) is 0. The van der Waals surface area contributed by atoms with Gasteiger partial charge in [-0.2, -0.15) is 18.3 Å². The van der Waals surface area contributed by atoms with Crippen LogP contribution < -0.4 is 5.73 Å². The average Bonchev–Trinajstić information content (AvgIpc) is 2.94. The second-order valence-electron chi connectivity index (χ2n) is 6.42. The summed E-state index contributed by atoms with van der Waals surface area (Å²) in [5.74, 6) is -0.883. The summed E-state index contributed by atoms with van der Waals surface area (Å²) < 4.78 is 40.8. The van der Waals surface area contributed by atoms with Gasteiger partial charge in [0.2, 0.25) is 5.91 Å². The largest absolute Gasteiger partial charge is 0.435 e. The Morgan fingerprint density at radius 2 is 1.92 bits per heavy atom. The minimum absolute atomic E-state index is 0.00287. The summed E-state index contributed by atoms with van der Waals surface area (Å²) in [6.45, 7) is -0.223. The number of fused-ring (bicyclic) bond motifs is 1. The molecule has 5 nitrogen and oxygen atoms in total. The fourth-order valence-electron chi connectivity index (χ4n) is 3.31. The van der Waals surface area contributed by atoms with Crippen molar-refractivity contribution in [2.75, 3.05) is 0 Å². The molecule has 3 rings (SSSR count). The summed E-state index contributed by atoms with van der Waals surface area (Å²) in [4.78, 5) is 23.6. The van der Waals surface area contributed by atoms with Gasteiger partial charge in [0.15, 0.2) is 11.5 Å². The normalized spacial score (nSPS) is 14.1. The van der Waals surface area contributed by atoms with Crippen LogP contribution in [-0.4, -0.2) is 21.5 Å². The number of halogens is 3. The second kappa shape index (κ2) is 6.93. The van der Waals surface area contributed by atoms with Crippen LogP contribution in [0.25, 0.3) is 0 Å². The van der Waals surface area contributed by atoms with Gasteiger partial charge in [0.25, 0.3) is 0 Å². The van der Waals surface area contributed by atoms with Crippen molar-refractivity contribution in [1.29, 1.82) is 0 Å². The van der Waals surface area contributed by atoms with Crippen LogP contribution in [0.5, 0.6) is 0 Å². The van der Waals surface area contributed by atoms with Crippen LogP contribution in [0, 0.1) is 0 Å². The molecule has 1 aliphatic rings. The molecule has 0 saturated carbocycles. The molecule has 2 aromatic rings. The molecule has 8 heteroatoms. The van der Waals surface area contributed by atoms with Crippen molar-refractivity contribution < 1.29 is 22.8 Å². The van der Waals surface area contributed by atoms with E-state index in [4.69, 9.17) is 5.73 Å². The first-order valence-electron chi connectivity index (χ1n) is 8.32. The predicted molar refractivity (Wildman–Crippen MR) is 87.5 cm³/mol. The van der Waals surface area contributed by atoms with Gasteiger partial charge in [0.05, 0.1) is 0 Å². The Bertz CT molecular complexity index is 856. The van der Waals surface area contributed by atoms with Gasteiger partial charge in [0.1, 0.15) is 6.54 Å². The Kier molecular flexibility index (Phi) is 4.84. The van der Waals surface area contributed by atoms with E-state index in [1.165, 1.54) is 16.8 Å². The topological polar surface area (TPSA) is 78.0 Å². The number of hydrogen-bond donors (Lipinski definition) is 1. The average molecular weight is 365 g/mol. The number of alkyl halides is 3. The third-order valence-electron chi connectivity index (χ3n) is 4.46. The highest BCUT2D eigenvalue weighted by Gasteiger charge is 2.39.